The normalized spacial score (nSPS) is 9.73. The lowest BCUT2D eigenvalue weighted by molar-refractivity contribution is 0.0957. The molecule has 1 aromatic carbocycles. The van der Waals surface area contributed by atoms with Gasteiger partial charge in [-0.3, -0.25) is 4.79 Å². The second kappa shape index (κ2) is 4.98. The van der Waals surface area contributed by atoms with Crippen LogP contribution in [0.15, 0.2) is 34.8 Å². The lowest BCUT2D eigenvalue weighted by Gasteiger charge is -2.06. The number of carbonyl (C=O) groups is 1. The average molecular weight is 269 g/mol. The van der Waals surface area contributed by atoms with Crippen molar-refractivity contribution in [3.05, 3.63) is 40.4 Å². The van der Waals surface area contributed by atoms with Crippen molar-refractivity contribution in [3.8, 4) is 0 Å². The van der Waals surface area contributed by atoms with E-state index in [1.165, 1.54) is 0 Å². The van der Waals surface area contributed by atoms with E-state index in [9.17, 15) is 4.79 Å². The van der Waals surface area contributed by atoms with Crippen LogP contribution in [0.4, 0.5) is 5.69 Å². The van der Waals surface area contributed by atoms with E-state index in [1.54, 1.807) is 18.2 Å². The third-order valence-electron chi connectivity index (χ3n) is 1.81. The topological polar surface area (TPSA) is 55.1 Å². The summed E-state index contributed by atoms with van der Waals surface area (Å²) >= 11 is 3.27. The number of nitrogens with one attached hydrogen (secondary N) is 1. The van der Waals surface area contributed by atoms with Gasteiger partial charge in [-0.2, -0.15) is 0 Å². The van der Waals surface area contributed by atoms with Crippen LogP contribution in [0.25, 0.3) is 0 Å². The molecule has 80 valence electrons. The standard InChI is InChI=1S/C11H13BrN2O/c1-7(2)6-14-11(15)8-3-4-10(13)9(12)5-8/h3-5H,1,6,13H2,2H3,(H,14,15). The van der Waals surface area contributed by atoms with Crippen LogP contribution in [0, 0.1) is 0 Å². The zero-order valence-corrected chi connectivity index (χ0v) is 10.1. The molecule has 0 atom stereocenters. The fourth-order valence-corrected chi connectivity index (χ4v) is 1.38. The minimum atomic E-state index is -0.126. The zero-order chi connectivity index (χ0) is 11.4. The molecule has 15 heavy (non-hydrogen) atoms. The van der Waals surface area contributed by atoms with Gasteiger partial charge in [0.05, 0.1) is 0 Å². The highest BCUT2D eigenvalue weighted by molar-refractivity contribution is 9.10. The van der Waals surface area contributed by atoms with Crippen molar-refractivity contribution in [2.45, 2.75) is 6.92 Å². The Hall–Kier alpha value is -1.29. The van der Waals surface area contributed by atoms with Gasteiger partial charge in [-0.15, -0.1) is 0 Å². The summed E-state index contributed by atoms with van der Waals surface area (Å²) < 4.78 is 0.727. The van der Waals surface area contributed by atoms with E-state index in [0.717, 1.165) is 10.0 Å². The first kappa shape index (κ1) is 11.8. The average Bonchev–Trinajstić information content (AvgIpc) is 2.18. The van der Waals surface area contributed by atoms with Crippen molar-refractivity contribution in [1.29, 1.82) is 0 Å². The van der Waals surface area contributed by atoms with Crippen LogP contribution in [-0.2, 0) is 0 Å². The minimum absolute atomic E-state index is 0.126. The van der Waals surface area contributed by atoms with Gasteiger partial charge >= 0.3 is 0 Å². The summed E-state index contributed by atoms with van der Waals surface area (Å²) in [5, 5.41) is 2.74. The van der Waals surface area contributed by atoms with Crippen LogP contribution in [0.3, 0.4) is 0 Å². The molecule has 1 aromatic rings. The van der Waals surface area contributed by atoms with Gasteiger partial charge in [-0.1, -0.05) is 12.2 Å². The maximum Gasteiger partial charge on any atom is 0.251 e. The van der Waals surface area contributed by atoms with E-state index in [2.05, 4.69) is 27.8 Å². The third kappa shape index (κ3) is 3.40. The van der Waals surface area contributed by atoms with Crippen molar-refractivity contribution in [2.24, 2.45) is 0 Å². The predicted octanol–water partition coefficient (Wildman–Crippen LogP) is 2.34. The first-order chi connectivity index (χ1) is 7.00. The van der Waals surface area contributed by atoms with E-state index in [-0.39, 0.29) is 5.91 Å². The molecule has 0 heterocycles. The first-order valence-electron chi connectivity index (χ1n) is 4.48. The molecule has 0 saturated heterocycles. The first-order valence-corrected chi connectivity index (χ1v) is 5.27. The van der Waals surface area contributed by atoms with Gasteiger partial charge < -0.3 is 11.1 Å². The molecule has 0 aliphatic heterocycles. The monoisotopic (exact) mass is 268 g/mol. The molecule has 1 rings (SSSR count). The molecular weight excluding hydrogens is 256 g/mol. The molecule has 0 saturated carbocycles. The van der Waals surface area contributed by atoms with Crippen molar-refractivity contribution in [1.82, 2.24) is 5.32 Å². The summed E-state index contributed by atoms with van der Waals surface area (Å²) in [4.78, 5) is 11.6. The van der Waals surface area contributed by atoms with Crippen molar-refractivity contribution in [2.75, 3.05) is 12.3 Å². The van der Waals surface area contributed by atoms with Crippen LogP contribution in [0.2, 0.25) is 0 Å². The Kier molecular flexibility index (Phi) is 3.91. The third-order valence-corrected chi connectivity index (χ3v) is 2.50. The molecule has 0 spiro atoms. The highest BCUT2D eigenvalue weighted by atomic mass is 79.9. The molecule has 0 aromatic heterocycles. The van der Waals surface area contributed by atoms with E-state index in [1.807, 2.05) is 6.92 Å². The molecule has 1 amide bonds. The Balaban J connectivity index is 2.74. The van der Waals surface area contributed by atoms with Crippen molar-refractivity contribution in [3.63, 3.8) is 0 Å². The number of hydrogen-bond acceptors (Lipinski definition) is 2. The lowest BCUT2D eigenvalue weighted by Crippen LogP contribution is -2.24. The van der Waals surface area contributed by atoms with Crippen LogP contribution >= 0.6 is 15.9 Å². The van der Waals surface area contributed by atoms with Gasteiger partial charge in [0.25, 0.3) is 5.91 Å². The highest BCUT2D eigenvalue weighted by Gasteiger charge is 2.06. The van der Waals surface area contributed by atoms with Crippen molar-refractivity contribution >= 4 is 27.5 Å². The summed E-state index contributed by atoms with van der Waals surface area (Å²) in [7, 11) is 0. The number of halogens is 1. The zero-order valence-electron chi connectivity index (χ0n) is 8.51. The van der Waals surface area contributed by atoms with Gasteiger partial charge in [-0.25, -0.2) is 0 Å². The van der Waals surface area contributed by atoms with E-state index in [4.69, 9.17) is 5.73 Å². The Morgan fingerprint density at radius 1 is 1.60 bits per heavy atom. The van der Waals surface area contributed by atoms with E-state index in [0.29, 0.717) is 17.8 Å². The number of benzene rings is 1. The van der Waals surface area contributed by atoms with Crippen LogP contribution in [-0.4, -0.2) is 12.5 Å². The Morgan fingerprint density at radius 3 is 2.80 bits per heavy atom. The molecule has 0 radical (unpaired) electrons. The number of hydrogen-bond donors (Lipinski definition) is 2. The fraction of sp³-hybridized carbons (Fsp3) is 0.182. The number of amides is 1. The van der Waals surface area contributed by atoms with Crippen LogP contribution < -0.4 is 11.1 Å². The highest BCUT2D eigenvalue weighted by Crippen LogP contribution is 2.20. The SMILES string of the molecule is C=C(C)CNC(=O)c1ccc(N)c(Br)c1. The maximum atomic E-state index is 11.6. The molecule has 0 aliphatic carbocycles. The van der Waals surface area contributed by atoms with E-state index < -0.39 is 0 Å². The quantitative estimate of drug-likeness (QED) is 0.653. The second-order valence-corrected chi connectivity index (χ2v) is 4.23. The fourth-order valence-electron chi connectivity index (χ4n) is 1.00. The maximum absolute atomic E-state index is 11.6. The summed E-state index contributed by atoms with van der Waals surface area (Å²) in [5.74, 6) is -0.126. The van der Waals surface area contributed by atoms with Gasteiger partial charge in [-0.05, 0) is 41.1 Å². The molecule has 0 aliphatic rings. The Labute approximate surface area is 97.5 Å². The smallest absolute Gasteiger partial charge is 0.251 e. The van der Waals surface area contributed by atoms with Gasteiger partial charge in [0.1, 0.15) is 0 Å². The van der Waals surface area contributed by atoms with Crippen molar-refractivity contribution < 1.29 is 4.79 Å². The minimum Gasteiger partial charge on any atom is -0.398 e. The molecule has 0 unspecified atom stereocenters. The summed E-state index contributed by atoms with van der Waals surface area (Å²) in [6.45, 7) is 6.06. The Morgan fingerprint density at radius 2 is 2.27 bits per heavy atom. The lowest BCUT2D eigenvalue weighted by atomic mass is 10.2. The van der Waals surface area contributed by atoms with Crippen LogP contribution in [0.1, 0.15) is 17.3 Å². The number of nitrogen functional groups attached to an aromatic ring is 1. The second-order valence-electron chi connectivity index (χ2n) is 3.38. The number of rotatable bonds is 3. The molecule has 3 nitrogen and oxygen atoms in total. The molecule has 4 heteroatoms. The largest absolute Gasteiger partial charge is 0.398 e. The number of carbonyl (C=O) groups excluding carboxylic acids is 1. The Bertz CT molecular complexity index is 402. The van der Waals surface area contributed by atoms with Gasteiger partial charge in [0, 0.05) is 22.3 Å². The van der Waals surface area contributed by atoms with Gasteiger partial charge in [0.2, 0.25) is 0 Å². The molecular formula is C11H13BrN2O. The van der Waals surface area contributed by atoms with E-state index >= 15 is 0 Å². The molecule has 0 bridgehead atoms. The van der Waals surface area contributed by atoms with Crippen LogP contribution in [0.5, 0.6) is 0 Å². The van der Waals surface area contributed by atoms with Gasteiger partial charge in [0.15, 0.2) is 0 Å². The predicted molar refractivity (Wildman–Crippen MR) is 65.7 cm³/mol. The number of nitrogens with two attached hydrogens (primary N) is 1. The summed E-state index contributed by atoms with van der Waals surface area (Å²) in [6.07, 6.45) is 0. The molecule has 3 N–H and O–H groups in total. The summed E-state index contributed by atoms with van der Waals surface area (Å²) in [5.41, 5.74) is 7.73. The number of anilines is 1. The molecule has 0 fully saturated rings. The summed E-state index contributed by atoms with van der Waals surface area (Å²) in [6, 6.07) is 5.08.